The zero-order valence-electron chi connectivity index (χ0n) is 10.5. The van der Waals surface area contributed by atoms with Crippen LogP contribution in [0, 0.1) is 0 Å². The molecule has 0 saturated carbocycles. The molecule has 3 N–H and O–H groups in total. The van der Waals surface area contributed by atoms with Crippen LogP contribution in [0.25, 0.3) is 0 Å². The van der Waals surface area contributed by atoms with Gasteiger partial charge in [-0.15, -0.1) is 0 Å². The van der Waals surface area contributed by atoms with Crippen LogP contribution in [0.5, 0.6) is 11.5 Å². The molecule has 0 aliphatic rings. The first kappa shape index (κ1) is 14.6. The van der Waals surface area contributed by atoms with E-state index in [-0.39, 0.29) is 5.91 Å². The van der Waals surface area contributed by atoms with Gasteiger partial charge in [-0.25, -0.2) is 0 Å². The number of ether oxygens (including phenoxy) is 2. The lowest BCUT2D eigenvalue weighted by atomic mass is 10.2. The Labute approximate surface area is 111 Å². The lowest BCUT2D eigenvalue weighted by Gasteiger charge is -2.12. The fraction of sp³-hybridized carbons (Fsp3) is 0.417. The molecule has 1 rings (SSSR count). The molecule has 0 atom stereocenters. The molecular weight excluding hydrogens is 256 g/mol. The van der Waals surface area contributed by atoms with Crippen LogP contribution in [0.15, 0.2) is 12.1 Å². The SMILES string of the molecule is COc1cc(Cl)c(CNCCC(N)=O)cc1OC. The maximum Gasteiger partial charge on any atom is 0.218 e. The molecule has 0 bridgehead atoms. The molecule has 6 heteroatoms. The number of primary amides is 1. The van der Waals surface area contributed by atoms with Crippen molar-refractivity contribution in [1.82, 2.24) is 5.32 Å². The third kappa shape index (κ3) is 4.09. The fourth-order valence-corrected chi connectivity index (χ4v) is 1.69. The van der Waals surface area contributed by atoms with Crippen LogP contribution in [0.3, 0.4) is 0 Å². The molecule has 0 unspecified atom stereocenters. The van der Waals surface area contributed by atoms with Crippen molar-refractivity contribution in [3.8, 4) is 11.5 Å². The molecule has 0 spiro atoms. The average Bonchev–Trinajstić information content (AvgIpc) is 2.35. The summed E-state index contributed by atoms with van der Waals surface area (Å²) in [4.78, 5) is 10.6. The van der Waals surface area contributed by atoms with E-state index in [1.165, 1.54) is 0 Å². The summed E-state index contributed by atoms with van der Waals surface area (Å²) in [6.45, 7) is 1.05. The van der Waals surface area contributed by atoms with Gasteiger partial charge >= 0.3 is 0 Å². The first-order chi connectivity index (χ1) is 8.58. The molecule has 0 aromatic heterocycles. The second kappa shape index (κ2) is 7.08. The zero-order valence-corrected chi connectivity index (χ0v) is 11.2. The highest BCUT2D eigenvalue weighted by Crippen LogP contribution is 2.32. The largest absolute Gasteiger partial charge is 0.493 e. The van der Waals surface area contributed by atoms with Gasteiger partial charge in [-0.2, -0.15) is 0 Å². The third-order valence-electron chi connectivity index (χ3n) is 2.42. The first-order valence-corrected chi connectivity index (χ1v) is 5.85. The number of nitrogens with one attached hydrogen (secondary N) is 1. The molecule has 5 nitrogen and oxygen atoms in total. The minimum absolute atomic E-state index is 0.297. The van der Waals surface area contributed by atoms with E-state index in [4.69, 9.17) is 26.8 Å². The Morgan fingerprint density at radius 2 is 1.94 bits per heavy atom. The molecule has 1 amide bonds. The van der Waals surface area contributed by atoms with Gasteiger partial charge in [-0.05, 0) is 11.6 Å². The van der Waals surface area contributed by atoms with E-state index in [1.807, 2.05) is 0 Å². The number of carbonyl (C=O) groups is 1. The van der Waals surface area contributed by atoms with E-state index in [1.54, 1.807) is 26.4 Å². The summed E-state index contributed by atoms with van der Waals surface area (Å²) in [5.41, 5.74) is 5.92. The second-order valence-corrected chi connectivity index (χ2v) is 4.10. The Bertz CT molecular complexity index is 424. The van der Waals surface area contributed by atoms with Crippen LogP contribution in [-0.2, 0) is 11.3 Å². The van der Waals surface area contributed by atoms with Gasteiger partial charge in [0, 0.05) is 30.6 Å². The topological polar surface area (TPSA) is 73.6 Å². The van der Waals surface area contributed by atoms with Crippen molar-refractivity contribution in [2.75, 3.05) is 20.8 Å². The standard InChI is InChI=1S/C12H17ClN2O3/c1-17-10-5-8(7-15-4-3-12(14)16)9(13)6-11(10)18-2/h5-6,15H,3-4,7H2,1-2H3,(H2,14,16). The molecule has 0 aliphatic heterocycles. The number of carbonyl (C=O) groups excluding carboxylic acids is 1. The smallest absolute Gasteiger partial charge is 0.218 e. The number of benzene rings is 1. The summed E-state index contributed by atoms with van der Waals surface area (Å²) in [7, 11) is 3.12. The summed E-state index contributed by atoms with van der Waals surface area (Å²) in [6.07, 6.45) is 0.297. The number of methoxy groups -OCH3 is 2. The molecule has 0 radical (unpaired) electrons. The van der Waals surface area contributed by atoms with E-state index < -0.39 is 0 Å². The zero-order chi connectivity index (χ0) is 13.5. The number of amides is 1. The maximum absolute atomic E-state index is 10.6. The quantitative estimate of drug-likeness (QED) is 0.734. The lowest BCUT2D eigenvalue weighted by Crippen LogP contribution is -2.21. The van der Waals surface area contributed by atoms with E-state index in [0.717, 1.165) is 5.56 Å². The van der Waals surface area contributed by atoms with Crippen molar-refractivity contribution in [3.63, 3.8) is 0 Å². The van der Waals surface area contributed by atoms with Gasteiger partial charge in [-0.1, -0.05) is 11.6 Å². The molecule has 1 aromatic carbocycles. The molecule has 1 aromatic rings. The highest BCUT2D eigenvalue weighted by molar-refractivity contribution is 6.31. The van der Waals surface area contributed by atoms with Gasteiger partial charge in [0.2, 0.25) is 5.91 Å². The third-order valence-corrected chi connectivity index (χ3v) is 2.77. The van der Waals surface area contributed by atoms with E-state index in [2.05, 4.69) is 5.32 Å². The van der Waals surface area contributed by atoms with E-state index in [0.29, 0.717) is 36.0 Å². The fourth-order valence-electron chi connectivity index (χ4n) is 1.47. The summed E-state index contributed by atoms with van der Waals surface area (Å²) in [5.74, 6) is 0.873. The van der Waals surface area contributed by atoms with Gasteiger partial charge in [0.05, 0.1) is 14.2 Å². The summed E-state index contributed by atoms with van der Waals surface area (Å²) < 4.78 is 10.3. The highest BCUT2D eigenvalue weighted by atomic mass is 35.5. The Morgan fingerprint density at radius 1 is 1.33 bits per heavy atom. The van der Waals surface area contributed by atoms with Crippen molar-refractivity contribution in [2.45, 2.75) is 13.0 Å². The Morgan fingerprint density at radius 3 is 2.50 bits per heavy atom. The summed E-state index contributed by atoms with van der Waals surface area (Å²) >= 11 is 6.11. The van der Waals surface area contributed by atoms with E-state index in [9.17, 15) is 4.79 Å². The van der Waals surface area contributed by atoms with Crippen molar-refractivity contribution in [1.29, 1.82) is 0 Å². The average molecular weight is 273 g/mol. The normalized spacial score (nSPS) is 10.2. The van der Waals surface area contributed by atoms with Crippen LogP contribution in [0.4, 0.5) is 0 Å². The minimum atomic E-state index is -0.332. The molecule has 0 aliphatic carbocycles. The molecule has 18 heavy (non-hydrogen) atoms. The predicted molar refractivity (Wildman–Crippen MR) is 70.1 cm³/mol. The summed E-state index contributed by atoms with van der Waals surface area (Å²) in [5, 5.41) is 3.66. The predicted octanol–water partition coefficient (Wildman–Crippen LogP) is 1.32. The van der Waals surface area contributed by atoms with Crippen molar-refractivity contribution in [3.05, 3.63) is 22.7 Å². The minimum Gasteiger partial charge on any atom is -0.493 e. The highest BCUT2D eigenvalue weighted by Gasteiger charge is 2.09. The molecule has 100 valence electrons. The monoisotopic (exact) mass is 272 g/mol. The van der Waals surface area contributed by atoms with Crippen LogP contribution in [0.2, 0.25) is 5.02 Å². The Balaban J connectivity index is 2.68. The summed E-state index contributed by atoms with van der Waals surface area (Å²) in [6, 6.07) is 3.50. The first-order valence-electron chi connectivity index (χ1n) is 5.48. The van der Waals surface area contributed by atoms with Gasteiger partial charge in [0.25, 0.3) is 0 Å². The van der Waals surface area contributed by atoms with Crippen LogP contribution in [0.1, 0.15) is 12.0 Å². The Hall–Kier alpha value is -1.46. The van der Waals surface area contributed by atoms with Crippen molar-refractivity contribution >= 4 is 17.5 Å². The van der Waals surface area contributed by atoms with E-state index >= 15 is 0 Å². The number of rotatable bonds is 7. The van der Waals surface area contributed by atoms with Crippen LogP contribution >= 0.6 is 11.6 Å². The lowest BCUT2D eigenvalue weighted by molar-refractivity contribution is -0.117. The molecular formula is C12H17ClN2O3. The van der Waals surface area contributed by atoms with Gasteiger partial charge in [0.15, 0.2) is 11.5 Å². The molecule has 0 fully saturated rings. The number of hydrogen-bond donors (Lipinski definition) is 2. The number of hydrogen-bond acceptors (Lipinski definition) is 4. The van der Waals surface area contributed by atoms with Crippen molar-refractivity contribution in [2.24, 2.45) is 5.73 Å². The number of nitrogens with two attached hydrogens (primary N) is 1. The number of halogens is 1. The molecule has 0 heterocycles. The van der Waals surface area contributed by atoms with Gasteiger partial charge in [-0.3, -0.25) is 4.79 Å². The molecule has 0 saturated heterocycles. The van der Waals surface area contributed by atoms with Crippen molar-refractivity contribution < 1.29 is 14.3 Å². The van der Waals surface area contributed by atoms with Gasteiger partial charge < -0.3 is 20.5 Å². The van der Waals surface area contributed by atoms with Crippen LogP contribution < -0.4 is 20.5 Å². The second-order valence-electron chi connectivity index (χ2n) is 3.69. The Kier molecular flexibility index (Phi) is 5.74. The maximum atomic E-state index is 10.6. The van der Waals surface area contributed by atoms with Gasteiger partial charge in [0.1, 0.15) is 0 Å². The van der Waals surface area contributed by atoms with Crippen LogP contribution in [-0.4, -0.2) is 26.7 Å².